The van der Waals surface area contributed by atoms with Crippen LogP contribution in [0, 0.1) is 0 Å². The third-order valence-corrected chi connectivity index (χ3v) is 2.55. The fourth-order valence-corrected chi connectivity index (χ4v) is 1.50. The van der Waals surface area contributed by atoms with Gasteiger partial charge in [0.05, 0.1) is 6.61 Å². The van der Waals surface area contributed by atoms with Crippen LogP contribution in [0.4, 0.5) is 0 Å². The number of ether oxygens (including phenoxy) is 1. The molecule has 0 aliphatic rings. The molecule has 0 aliphatic carbocycles. The molecule has 0 bridgehead atoms. The number of rotatable bonds is 7. The highest BCUT2D eigenvalue weighted by molar-refractivity contribution is 5.87. The van der Waals surface area contributed by atoms with Gasteiger partial charge in [-0.3, -0.25) is 0 Å². The quantitative estimate of drug-likeness (QED) is 0.456. The summed E-state index contributed by atoms with van der Waals surface area (Å²) < 4.78 is 5.06. The van der Waals surface area contributed by atoms with Gasteiger partial charge in [0, 0.05) is 6.08 Å². The van der Waals surface area contributed by atoms with E-state index in [9.17, 15) is 4.79 Å². The molecule has 0 fully saturated rings. The zero-order chi connectivity index (χ0) is 13.2. The average Bonchev–Trinajstić information content (AvgIpc) is 2.38. The minimum absolute atomic E-state index is 0.214. The van der Waals surface area contributed by atoms with Crippen LogP contribution in [0.2, 0.25) is 0 Å². The summed E-state index contributed by atoms with van der Waals surface area (Å²) >= 11 is 0. The molecule has 1 rings (SSSR count). The Morgan fingerprint density at radius 3 is 2.61 bits per heavy atom. The first-order valence-corrected chi connectivity index (χ1v) is 6.36. The van der Waals surface area contributed by atoms with E-state index < -0.39 is 0 Å². The fraction of sp³-hybridized carbons (Fsp3) is 0.400. The van der Waals surface area contributed by atoms with Crippen molar-refractivity contribution < 1.29 is 14.6 Å². The maximum Gasteiger partial charge on any atom is 0.330 e. The van der Waals surface area contributed by atoms with Gasteiger partial charge in [-0.1, -0.05) is 38.3 Å². The SMILES string of the molecule is CCCCCCOC(=O)/C=C/c1ccc(O)cc1. The van der Waals surface area contributed by atoms with Crippen LogP contribution in [0.5, 0.6) is 5.75 Å². The standard InChI is InChI=1S/C15H20O3/c1-2-3-4-5-12-18-15(17)11-8-13-6-9-14(16)10-7-13/h6-11,16H,2-5,12H2,1H3/b11-8+. The van der Waals surface area contributed by atoms with Crippen LogP contribution in [0.15, 0.2) is 30.3 Å². The number of aromatic hydroxyl groups is 1. The Morgan fingerprint density at radius 2 is 1.94 bits per heavy atom. The van der Waals surface area contributed by atoms with Crippen LogP contribution in [0.3, 0.4) is 0 Å². The maximum atomic E-state index is 11.4. The molecule has 1 aromatic carbocycles. The second-order valence-corrected chi connectivity index (χ2v) is 4.15. The van der Waals surface area contributed by atoms with Crippen molar-refractivity contribution in [1.29, 1.82) is 0 Å². The molecule has 0 saturated heterocycles. The highest BCUT2D eigenvalue weighted by Gasteiger charge is 1.96. The summed E-state index contributed by atoms with van der Waals surface area (Å²) in [5.41, 5.74) is 0.857. The summed E-state index contributed by atoms with van der Waals surface area (Å²) in [7, 11) is 0. The number of unbranched alkanes of at least 4 members (excludes halogenated alkanes) is 3. The van der Waals surface area contributed by atoms with Crippen molar-refractivity contribution in [3.8, 4) is 5.75 Å². The molecule has 98 valence electrons. The first-order chi connectivity index (χ1) is 8.72. The number of phenolic OH excluding ortho intramolecular Hbond substituents is 1. The van der Waals surface area contributed by atoms with Crippen LogP contribution < -0.4 is 0 Å². The second-order valence-electron chi connectivity index (χ2n) is 4.15. The summed E-state index contributed by atoms with van der Waals surface area (Å²) in [4.78, 5) is 11.4. The van der Waals surface area contributed by atoms with Gasteiger partial charge in [0.25, 0.3) is 0 Å². The molecule has 3 heteroatoms. The summed E-state index contributed by atoms with van der Waals surface area (Å²) in [6.45, 7) is 2.63. The number of carbonyl (C=O) groups is 1. The van der Waals surface area contributed by atoms with Gasteiger partial charge in [0.15, 0.2) is 0 Å². The van der Waals surface area contributed by atoms with E-state index in [1.165, 1.54) is 18.9 Å². The van der Waals surface area contributed by atoms with Crippen LogP contribution in [0.1, 0.15) is 38.2 Å². The molecule has 1 N–H and O–H groups in total. The first kappa shape index (κ1) is 14.3. The van der Waals surface area contributed by atoms with Gasteiger partial charge >= 0.3 is 5.97 Å². The number of esters is 1. The fourth-order valence-electron chi connectivity index (χ4n) is 1.50. The topological polar surface area (TPSA) is 46.5 Å². The van der Waals surface area contributed by atoms with Crippen LogP contribution in [-0.4, -0.2) is 17.7 Å². The Kier molecular flexibility index (Phi) is 6.62. The molecule has 18 heavy (non-hydrogen) atoms. The van der Waals surface area contributed by atoms with E-state index in [2.05, 4.69) is 6.92 Å². The van der Waals surface area contributed by atoms with E-state index >= 15 is 0 Å². The second kappa shape index (κ2) is 8.34. The zero-order valence-electron chi connectivity index (χ0n) is 10.8. The normalized spacial score (nSPS) is 10.7. The van der Waals surface area contributed by atoms with Crippen molar-refractivity contribution in [2.75, 3.05) is 6.61 Å². The summed E-state index contributed by atoms with van der Waals surface area (Å²) in [5, 5.41) is 9.11. The average molecular weight is 248 g/mol. The van der Waals surface area contributed by atoms with Gasteiger partial charge in [-0.05, 0) is 30.2 Å². The maximum absolute atomic E-state index is 11.4. The Balaban J connectivity index is 2.25. The zero-order valence-corrected chi connectivity index (χ0v) is 10.8. The molecular formula is C15H20O3. The lowest BCUT2D eigenvalue weighted by Gasteiger charge is -2.01. The van der Waals surface area contributed by atoms with Gasteiger partial charge < -0.3 is 9.84 Å². The monoisotopic (exact) mass is 248 g/mol. The molecule has 0 aromatic heterocycles. The number of benzene rings is 1. The largest absolute Gasteiger partial charge is 0.508 e. The molecule has 0 spiro atoms. The summed E-state index contributed by atoms with van der Waals surface area (Å²) in [6, 6.07) is 6.63. The van der Waals surface area contributed by atoms with Crippen molar-refractivity contribution in [2.45, 2.75) is 32.6 Å². The van der Waals surface area contributed by atoms with Crippen molar-refractivity contribution in [3.05, 3.63) is 35.9 Å². The van der Waals surface area contributed by atoms with E-state index in [1.54, 1.807) is 30.3 Å². The minimum atomic E-state index is -0.320. The van der Waals surface area contributed by atoms with E-state index in [0.29, 0.717) is 6.61 Å². The molecular weight excluding hydrogens is 228 g/mol. The predicted molar refractivity (Wildman–Crippen MR) is 72.2 cm³/mol. The predicted octanol–water partition coefficient (Wildman–Crippen LogP) is 3.53. The van der Waals surface area contributed by atoms with E-state index in [-0.39, 0.29) is 11.7 Å². The van der Waals surface area contributed by atoms with Crippen molar-refractivity contribution >= 4 is 12.0 Å². The third-order valence-electron chi connectivity index (χ3n) is 2.55. The Morgan fingerprint density at radius 1 is 1.22 bits per heavy atom. The molecule has 1 aromatic rings. The Bertz CT molecular complexity index is 379. The van der Waals surface area contributed by atoms with Crippen molar-refractivity contribution in [1.82, 2.24) is 0 Å². The smallest absolute Gasteiger partial charge is 0.330 e. The van der Waals surface area contributed by atoms with Gasteiger partial charge in [-0.25, -0.2) is 4.79 Å². The van der Waals surface area contributed by atoms with Crippen molar-refractivity contribution in [2.24, 2.45) is 0 Å². The van der Waals surface area contributed by atoms with Gasteiger partial charge in [-0.15, -0.1) is 0 Å². The van der Waals surface area contributed by atoms with Gasteiger partial charge in [0.2, 0.25) is 0 Å². The van der Waals surface area contributed by atoms with E-state index in [1.807, 2.05) is 0 Å². The Hall–Kier alpha value is -1.77. The van der Waals surface area contributed by atoms with E-state index in [0.717, 1.165) is 18.4 Å². The number of phenols is 1. The first-order valence-electron chi connectivity index (χ1n) is 6.36. The lowest BCUT2D eigenvalue weighted by Crippen LogP contribution is -2.02. The van der Waals surface area contributed by atoms with Gasteiger partial charge in [-0.2, -0.15) is 0 Å². The molecule has 0 aliphatic heterocycles. The third kappa shape index (κ3) is 6.09. The molecule has 0 heterocycles. The number of carbonyl (C=O) groups excluding carboxylic acids is 1. The van der Waals surface area contributed by atoms with E-state index in [4.69, 9.17) is 9.84 Å². The highest BCUT2D eigenvalue weighted by Crippen LogP contribution is 2.10. The lowest BCUT2D eigenvalue weighted by atomic mass is 10.2. The van der Waals surface area contributed by atoms with Gasteiger partial charge in [0.1, 0.15) is 5.75 Å². The summed E-state index contributed by atoms with van der Waals surface area (Å²) in [5.74, 6) is -0.106. The summed E-state index contributed by atoms with van der Waals surface area (Å²) in [6.07, 6.45) is 7.47. The van der Waals surface area contributed by atoms with Crippen LogP contribution >= 0.6 is 0 Å². The van der Waals surface area contributed by atoms with Crippen LogP contribution in [-0.2, 0) is 9.53 Å². The molecule has 0 saturated carbocycles. The molecule has 0 amide bonds. The lowest BCUT2D eigenvalue weighted by molar-refractivity contribution is -0.137. The number of hydrogen-bond acceptors (Lipinski definition) is 3. The molecule has 0 unspecified atom stereocenters. The van der Waals surface area contributed by atoms with Crippen LogP contribution in [0.25, 0.3) is 6.08 Å². The molecule has 0 radical (unpaired) electrons. The molecule has 3 nitrogen and oxygen atoms in total. The van der Waals surface area contributed by atoms with Crippen molar-refractivity contribution in [3.63, 3.8) is 0 Å². The minimum Gasteiger partial charge on any atom is -0.508 e. The number of hydrogen-bond donors (Lipinski definition) is 1. The Labute approximate surface area is 108 Å². The molecule has 0 atom stereocenters. The highest BCUT2D eigenvalue weighted by atomic mass is 16.5.